The summed E-state index contributed by atoms with van der Waals surface area (Å²) in [5, 5.41) is 3.20. The van der Waals surface area contributed by atoms with Crippen LogP contribution in [0.3, 0.4) is 0 Å². The summed E-state index contributed by atoms with van der Waals surface area (Å²) in [5.74, 6) is -0.910. The fourth-order valence-corrected chi connectivity index (χ4v) is 4.68. The maximum atomic E-state index is 13.3. The Balaban J connectivity index is 1.64. The van der Waals surface area contributed by atoms with Crippen LogP contribution in [0.4, 0.5) is 5.69 Å². The first-order valence-corrected chi connectivity index (χ1v) is 11.2. The summed E-state index contributed by atoms with van der Waals surface area (Å²) in [5.41, 5.74) is 2.21. The minimum Gasteiger partial charge on any atom is -0.465 e. The van der Waals surface area contributed by atoms with E-state index in [9.17, 15) is 14.4 Å². The summed E-state index contributed by atoms with van der Waals surface area (Å²) in [6.07, 6.45) is 1.39. The molecule has 7 nitrogen and oxygen atoms in total. The number of hydrogen-bond acceptors (Lipinski definition) is 6. The topological polar surface area (TPSA) is 90.3 Å². The summed E-state index contributed by atoms with van der Waals surface area (Å²) in [6, 6.07) is 14.1. The highest BCUT2D eigenvalue weighted by molar-refractivity contribution is 9.10. The standard InChI is InChI=1S/C23H18BrN3O4S/c1-13-19(14-6-8-16(24)9-7-14)20-21(32-13)25-12-27(22(20)29)11-18(28)26-17-5-3-4-15(10-17)23(30)31-2/h3-10,12H,11H2,1-2H3,(H,26,28). The summed E-state index contributed by atoms with van der Waals surface area (Å²) >= 11 is 4.88. The number of nitrogens with zero attached hydrogens (tertiary/aromatic N) is 2. The van der Waals surface area contributed by atoms with Gasteiger partial charge in [-0.25, -0.2) is 9.78 Å². The predicted octanol–water partition coefficient (Wildman–Crippen LogP) is 4.62. The third-order valence-electron chi connectivity index (χ3n) is 4.87. The van der Waals surface area contributed by atoms with Crippen LogP contribution >= 0.6 is 27.3 Å². The van der Waals surface area contributed by atoms with Crippen LogP contribution in [-0.2, 0) is 16.1 Å². The zero-order chi connectivity index (χ0) is 22.8. The largest absolute Gasteiger partial charge is 0.465 e. The number of fused-ring (bicyclic) bond motifs is 1. The molecule has 162 valence electrons. The van der Waals surface area contributed by atoms with Gasteiger partial charge in [-0.15, -0.1) is 11.3 Å². The number of aryl methyl sites for hydroxylation is 1. The second-order valence-electron chi connectivity index (χ2n) is 7.02. The van der Waals surface area contributed by atoms with E-state index >= 15 is 0 Å². The van der Waals surface area contributed by atoms with Gasteiger partial charge in [-0.1, -0.05) is 34.1 Å². The molecule has 0 spiro atoms. The van der Waals surface area contributed by atoms with Gasteiger partial charge in [0.2, 0.25) is 5.91 Å². The predicted molar refractivity (Wildman–Crippen MR) is 128 cm³/mol. The van der Waals surface area contributed by atoms with Crippen LogP contribution in [0.15, 0.2) is 64.1 Å². The van der Waals surface area contributed by atoms with Gasteiger partial charge in [0.05, 0.1) is 24.4 Å². The highest BCUT2D eigenvalue weighted by Crippen LogP contribution is 2.35. The number of methoxy groups -OCH3 is 1. The first-order valence-electron chi connectivity index (χ1n) is 9.60. The number of amides is 1. The second kappa shape index (κ2) is 9.05. The Bertz CT molecular complexity index is 1390. The molecule has 4 rings (SSSR count). The lowest BCUT2D eigenvalue weighted by molar-refractivity contribution is -0.116. The van der Waals surface area contributed by atoms with Gasteiger partial charge in [-0.3, -0.25) is 14.2 Å². The Labute approximate surface area is 195 Å². The van der Waals surface area contributed by atoms with Gasteiger partial charge in [0.15, 0.2) is 0 Å². The molecule has 0 fully saturated rings. The van der Waals surface area contributed by atoms with Gasteiger partial charge < -0.3 is 10.1 Å². The molecule has 0 aliphatic carbocycles. The molecule has 0 aliphatic rings. The minimum absolute atomic E-state index is 0.209. The highest BCUT2D eigenvalue weighted by Gasteiger charge is 2.18. The molecule has 0 bridgehead atoms. The molecule has 32 heavy (non-hydrogen) atoms. The fourth-order valence-electron chi connectivity index (χ4n) is 3.41. The molecular weight excluding hydrogens is 494 g/mol. The lowest BCUT2D eigenvalue weighted by atomic mass is 10.0. The van der Waals surface area contributed by atoms with Gasteiger partial charge in [0.25, 0.3) is 5.56 Å². The van der Waals surface area contributed by atoms with Crippen LogP contribution in [0.1, 0.15) is 15.2 Å². The Hall–Kier alpha value is -3.30. The quantitative estimate of drug-likeness (QED) is 0.394. The number of carbonyl (C=O) groups excluding carboxylic acids is 2. The molecule has 0 radical (unpaired) electrons. The maximum absolute atomic E-state index is 13.3. The number of anilines is 1. The molecule has 2 heterocycles. The van der Waals surface area contributed by atoms with E-state index in [1.165, 1.54) is 35.4 Å². The lowest BCUT2D eigenvalue weighted by Crippen LogP contribution is -2.27. The molecule has 4 aromatic rings. The Morgan fingerprint density at radius 2 is 1.94 bits per heavy atom. The molecule has 2 aromatic heterocycles. The van der Waals surface area contributed by atoms with E-state index in [1.54, 1.807) is 18.2 Å². The molecule has 1 N–H and O–H groups in total. The van der Waals surface area contributed by atoms with E-state index in [2.05, 4.69) is 26.2 Å². The highest BCUT2D eigenvalue weighted by atomic mass is 79.9. The second-order valence-corrected chi connectivity index (χ2v) is 9.14. The molecule has 0 saturated heterocycles. The summed E-state index contributed by atoms with van der Waals surface area (Å²) in [6.45, 7) is 1.74. The molecular formula is C23H18BrN3O4S. The zero-order valence-corrected chi connectivity index (χ0v) is 19.6. The van der Waals surface area contributed by atoms with Crippen LogP contribution in [0, 0.1) is 6.92 Å². The number of halogens is 1. The van der Waals surface area contributed by atoms with E-state index < -0.39 is 11.9 Å². The Kier molecular flexibility index (Phi) is 6.20. The van der Waals surface area contributed by atoms with E-state index in [4.69, 9.17) is 4.74 Å². The van der Waals surface area contributed by atoms with Crippen molar-refractivity contribution in [3.05, 3.63) is 80.1 Å². The average molecular weight is 512 g/mol. The van der Waals surface area contributed by atoms with Crippen molar-refractivity contribution in [1.29, 1.82) is 0 Å². The van der Waals surface area contributed by atoms with Crippen LogP contribution in [0.25, 0.3) is 21.3 Å². The number of thiophene rings is 1. The number of aromatic nitrogens is 2. The maximum Gasteiger partial charge on any atom is 0.337 e. The van der Waals surface area contributed by atoms with Crippen molar-refractivity contribution in [2.45, 2.75) is 13.5 Å². The Morgan fingerprint density at radius 3 is 2.66 bits per heavy atom. The zero-order valence-electron chi connectivity index (χ0n) is 17.2. The number of nitrogens with one attached hydrogen (secondary N) is 1. The summed E-state index contributed by atoms with van der Waals surface area (Å²) in [7, 11) is 1.29. The molecule has 0 unspecified atom stereocenters. The van der Waals surface area contributed by atoms with Crippen molar-refractivity contribution in [3.63, 3.8) is 0 Å². The first-order chi connectivity index (χ1) is 15.4. The van der Waals surface area contributed by atoms with Crippen molar-refractivity contribution in [3.8, 4) is 11.1 Å². The smallest absolute Gasteiger partial charge is 0.337 e. The molecule has 9 heteroatoms. The summed E-state index contributed by atoms with van der Waals surface area (Å²) in [4.78, 5) is 43.6. The number of hydrogen-bond donors (Lipinski definition) is 1. The number of rotatable bonds is 5. The SMILES string of the molecule is COC(=O)c1cccc(NC(=O)Cn2cnc3sc(C)c(-c4ccc(Br)cc4)c3c2=O)c1. The number of carbonyl (C=O) groups is 2. The van der Waals surface area contributed by atoms with Crippen molar-refractivity contribution >= 4 is 55.0 Å². The number of esters is 1. The molecule has 1 amide bonds. The third-order valence-corrected chi connectivity index (χ3v) is 6.41. The first kappa shape index (κ1) is 21.9. The van der Waals surface area contributed by atoms with Gasteiger partial charge in [0.1, 0.15) is 11.4 Å². The van der Waals surface area contributed by atoms with Gasteiger partial charge in [0, 0.05) is 20.6 Å². The minimum atomic E-state index is -0.500. The third kappa shape index (κ3) is 4.35. The van der Waals surface area contributed by atoms with E-state index in [1.807, 2.05) is 31.2 Å². The summed E-state index contributed by atoms with van der Waals surface area (Å²) < 4.78 is 6.93. The van der Waals surface area contributed by atoms with Crippen molar-refractivity contribution < 1.29 is 14.3 Å². The number of benzene rings is 2. The normalized spacial score (nSPS) is 10.8. The molecule has 0 aliphatic heterocycles. The lowest BCUT2D eigenvalue weighted by Gasteiger charge is -2.09. The molecule has 0 atom stereocenters. The van der Waals surface area contributed by atoms with Crippen LogP contribution in [0.2, 0.25) is 0 Å². The average Bonchev–Trinajstić information content (AvgIpc) is 3.12. The van der Waals surface area contributed by atoms with Gasteiger partial charge in [-0.2, -0.15) is 0 Å². The van der Waals surface area contributed by atoms with E-state index in [0.717, 1.165) is 20.5 Å². The Morgan fingerprint density at radius 1 is 1.19 bits per heavy atom. The van der Waals surface area contributed by atoms with Crippen LogP contribution < -0.4 is 10.9 Å². The van der Waals surface area contributed by atoms with E-state index in [-0.39, 0.29) is 12.1 Å². The fraction of sp³-hybridized carbons (Fsp3) is 0.130. The van der Waals surface area contributed by atoms with Gasteiger partial charge in [-0.05, 0) is 42.8 Å². The van der Waals surface area contributed by atoms with Crippen molar-refractivity contribution in [2.24, 2.45) is 0 Å². The van der Waals surface area contributed by atoms with Crippen molar-refractivity contribution in [2.75, 3.05) is 12.4 Å². The monoisotopic (exact) mass is 511 g/mol. The van der Waals surface area contributed by atoms with Crippen LogP contribution in [0.5, 0.6) is 0 Å². The van der Waals surface area contributed by atoms with E-state index in [0.29, 0.717) is 21.5 Å². The number of ether oxygens (including phenoxy) is 1. The van der Waals surface area contributed by atoms with Crippen LogP contribution in [-0.4, -0.2) is 28.5 Å². The molecule has 0 saturated carbocycles. The van der Waals surface area contributed by atoms with Gasteiger partial charge >= 0.3 is 5.97 Å². The molecule has 2 aromatic carbocycles. The van der Waals surface area contributed by atoms with Crippen molar-refractivity contribution in [1.82, 2.24) is 9.55 Å².